The van der Waals surface area contributed by atoms with Crippen molar-refractivity contribution in [3.05, 3.63) is 19.7 Å². The first kappa shape index (κ1) is 43.4. The molecule has 0 amide bonds. The first-order chi connectivity index (χ1) is 24.3. The highest BCUT2D eigenvalue weighted by Gasteiger charge is 2.29. The molecule has 0 aliphatic heterocycles. The molecule has 1 aromatic carbocycles. The Labute approximate surface area is 328 Å². The third-order valence-electron chi connectivity index (χ3n) is 10.0. The smallest absolute Gasteiger partial charge is 0.314 e. The Balaban J connectivity index is 1.87. The fourth-order valence-corrected chi connectivity index (χ4v) is 10.1. The van der Waals surface area contributed by atoms with E-state index in [9.17, 15) is 9.59 Å². The van der Waals surface area contributed by atoms with Crippen LogP contribution in [0.5, 0.6) is 11.5 Å². The number of ether oxygens (including phenoxy) is 2. The molecule has 2 heterocycles. The summed E-state index contributed by atoms with van der Waals surface area (Å²) >= 11 is 10.5. The third kappa shape index (κ3) is 14.5. The molecule has 0 radical (unpaired) electrons. The largest absolute Gasteiger partial charge is 0.424 e. The van der Waals surface area contributed by atoms with Gasteiger partial charge in [-0.05, 0) is 69.7 Å². The van der Waals surface area contributed by atoms with Crippen molar-refractivity contribution in [2.75, 3.05) is 0 Å². The van der Waals surface area contributed by atoms with Crippen LogP contribution in [0, 0.1) is 11.8 Å². The predicted molar refractivity (Wildman–Crippen MR) is 224 cm³/mol. The molecule has 3 aromatic rings. The van der Waals surface area contributed by atoms with Gasteiger partial charge in [-0.25, -0.2) is 0 Å². The van der Waals surface area contributed by atoms with Crippen LogP contribution in [0.15, 0.2) is 19.7 Å². The second kappa shape index (κ2) is 25.1. The molecule has 0 spiro atoms. The van der Waals surface area contributed by atoms with Gasteiger partial charge in [-0.3, -0.25) is 9.59 Å². The summed E-state index contributed by atoms with van der Waals surface area (Å²) < 4.78 is 16.5. The lowest BCUT2D eigenvalue weighted by Crippen LogP contribution is -2.22. The number of benzene rings is 1. The highest BCUT2D eigenvalue weighted by atomic mass is 79.9. The van der Waals surface area contributed by atoms with Crippen molar-refractivity contribution in [3.63, 3.8) is 0 Å². The van der Waals surface area contributed by atoms with Crippen molar-refractivity contribution in [1.29, 1.82) is 0 Å². The van der Waals surface area contributed by atoms with Gasteiger partial charge in [-0.1, -0.05) is 156 Å². The van der Waals surface area contributed by atoms with Crippen LogP contribution in [-0.4, -0.2) is 11.9 Å². The molecule has 2 aromatic heterocycles. The number of carbonyl (C=O) groups excluding carboxylic acids is 2. The predicted octanol–water partition coefficient (Wildman–Crippen LogP) is 16.1. The van der Waals surface area contributed by atoms with Crippen molar-refractivity contribution >= 4 is 86.6 Å². The van der Waals surface area contributed by atoms with Crippen LogP contribution in [0.25, 0.3) is 20.2 Å². The summed E-state index contributed by atoms with van der Waals surface area (Å²) in [5, 5.41) is 1.67. The lowest BCUT2D eigenvalue weighted by atomic mass is 9.94. The zero-order chi connectivity index (χ0) is 36.1. The van der Waals surface area contributed by atoms with Gasteiger partial charge in [0.2, 0.25) is 0 Å². The zero-order valence-corrected chi connectivity index (χ0v) is 36.3. The summed E-state index contributed by atoms with van der Waals surface area (Å²) in [5.74, 6) is 0.730. The topological polar surface area (TPSA) is 52.6 Å². The summed E-state index contributed by atoms with van der Waals surface area (Å²) in [6.45, 7) is 8.94. The Morgan fingerprint density at radius 3 is 1.10 bits per heavy atom. The van der Waals surface area contributed by atoms with Crippen molar-refractivity contribution in [2.24, 2.45) is 11.8 Å². The first-order valence-corrected chi connectivity index (χ1v) is 23.3. The van der Waals surface area contributed by atoms with E-state index in [2.05, 4.69) is 59.6 Å². The summed E-state index contributed by atoms with van der Waals surface area (Å²) in [6, 6.07) is 4.05. The van der Waals surface area contributed by atoms with Gasteiger partial charge in [0.1, 0.15) is 0 Å². The lowest BCUT2D eigenvalue weighted by Gasteiger charge is -2.19. The van der Waals surface area contributed by atoms with Crippen LogP contribution in [0.3, 0.4) is 0 Å². The van der Waals surface area contributed by atoms with E-state index in [1.54, 1.807) is 0 Å². The number of hydrogen-bond donors (Lipinski definition) is 0. The number of rotatable bonds is 28. The van der Waals surface area contributed by atoms with Crippen LogP contribution in [0.2, 0.25) is 0 Å². The molecule has 0 bridgehead atoms. The maximum absolute atomic E-state index is 14.0. The van der Waals surface area contributed by atoms with E-state index in [0.29, 0.717) is 11.5 Å². The Bertz CT molecular complexity index is 1260. The molecule has 0 saturated heterocycles. The number of carbonyl (C=O) groups is 2. The molecule has 0 fully saturated rings. The maximum atomic E-state index is 14.0. The van der Waals surface area contributed by atoms with E-state index < -0.39 is 0 Å². The Morgan fingerprint density at radius 1 is 0.500 bits per heavy atom. The highest BCUT2D eigenvalue weighted by molar-refractivity contribution is 9.11. The molecule has 282 valence electrons. The maximum Gasteiger partial charge on any atom is 0.314 e. The standard InChI is InChI=1S/C42H64Br2O4S2/c1-5-9-13-17-19-23-27-31(25-21-15-11-7-3)41(45)47-37-33-29-35(43)50-40(33)38(34-30-36(44)49-39(34)37)48-42(46)32(26-22-16-12-8-4)28-24-20-18-14-10-6-2/h29-32H,5-28H2,1-4H3. The monoisotopic (exact) mass is 854 g/mol. The van der Waals surface area contributed by atoms with Crippen LogP contribution >= 0.6 is 54.5 Å². The minimum absolute atomic E-state index is 0.110. The van der Waals surface area contributed by atoms with Gasteiger partial charge in [0, 0.05) is 10.8 Å². The molecular formula is C42H64Br2O4S2. The number of fused-ring (bicyclic) bond motifs is 2. The molecule has 0 saturated carbocycles. The number of thiophene rings is 2. The number of esters is 2. The zero-order valence-electron chi connectivity index (χ0n) is 31.5. The highest BCUT2D eigenvalue weighted by Crippen LogP contribution is 2.51. The van der Waals surface area contributed by atoms with Gasteiger partial charge in [-0.2, -0.15) is 0 Å². The van der Waals surface area contributed by atoms with Crippen molar-refractivity contribution in [3.8, 4) is 11.5 Å². The van der Waals surface area contributed by atoms with Crippen molar-refractivity contribution in [2.45, 2.75) is 182 Å². The van der Waals surface area contributed by atoms with E-state index in [0.717, 1.165) is 92.0 Å². The number of hydrogen-bond acceptors (Lipinski definition) is 6. The van der Waals surface area contributed by atoms with Crippen LogP contribution in [-0.2, 0) is 9.59 Å². The Kier molecular flexibility index (Phi) is 21.8. The average Bonchev–Trinajstić information content (AvgIpc) is 3.69. The molecule has 4 nitrogen and oxygen atoms in total. The third-order valence-corrected chi connectivity index (χ3v) is 13.3. The minimum Gasteiger partial charge on any atom is -0.424 e. The molecule has 3 rings (SSSR count). The molecule has 2 atom stereocenters. The Morgan fingerprint density at radius 2 is 0.780 bits per heavy atom. The first-order valence-electron chi connectivity index (χ1n) is 20.1. The van der Waals surface area contributed by atoms with Crippen LogP contribution in [0.1, 0.15) is 182 Å². The van der Waals surface area contributed by atoms with Crippen molar-refractivity contribution < 1.29 is 19.1 Å². The lowest BCUT2D eigenvalue weighted by molar-refractivity contribution is -0.140. The average molecular weight is 857 g/mol. The summed E-state index contributed by atoms with van der Waals surface area (Å²) in [7, 11) is 0. The van der Waals surface area contributed by atoms with Gasteiger partial charge in [0.25, 0.3) is 0 Å². The van der Waals surface area contributed by atoms with Gasteiger partial charge in [0.15, 0.2) is 11.5 Å². The molecule has 0 aliphatic carbocycles. The van der Waals surface area contributed by atoms with Crippen LogP contribution < -0.4 is 9.47 Å². The molecule has 0 N–H and O–H groups in total. The summed E-state index contributed by atoms with van der Waals surface area (Å²) in [6.07, 6.45) is 27.2. The van der Waals surface area contributed by atoms with Gasteiger partial charge >= 0.3 is 11.9 Å². The minimum atomic E-state index is -0.125. The van der Waals surface area contributed by atoms with Crippen molar-refractivity contribution in [1.82, 2.24) is 0 Å². The van der Waals surface area contributed by atoms with Gasteiger partial charge < -0.3 is 9.47 Å². The fourth-order valence-electron chi connectivity index (χ4n) is 6.95. The summed E-state index contributed by atoms with van der Waals surface area (Å²) in [5.41, 5.74) is 0. The van der Waals surface area contributed by atoms with E-state index >= 15 is 0 Å². The fraction of sp³-hybridized carbons (Fsp3) is 0.714. The normalized spacial score (nSPS) is 12.9. The van der Waals surface area contributed by atoms with E-state index in [4.69, 9.17) is 9.47 Å². The van der Waals surface area contributed by atoms with E-state index in [-0.39, 0.29) is 23.8 Å². The quantitative estimate of drug-likeness (QED) is 0.0415. The SMILES string of the molecule is CCCCCCCCC(CCCCCC)C(=O)Oc1c2cc(Br)sc2c(OC(=O)C(CCCCCC)CCCCCCCC)c2cc(Br)sc12. The Hall–Kier alpha value is -0.960. The number of halogens is 2. The molecule has 0 aliphatic rings. The van der Waals surface area contributed by atoms with Gasteiger partial charge in [-0.15, -0.1) is 22.7 Å². The summed E-state index contributed by atoms with van der Waals surface area (Å²) in [4.78, 5) is 28.0. The number of unbranched alkanes of at least 4 members (excludes halogenated alkanes) is 16. The molecule has 8 heteroatoms. The second-order valence-electron chi connectivity index (χ2n) is 14.3. The van der Waals surface area contributed by atoms with E-state index in [1.165, 1.54) is 113 Å². The molecular weight excluding hydrogens is 792 g/mol. The van der Waals surface area contributed by atoms with Gasteiger partial charge in [0.05, 0.1) is 28.8 Å². The molecule has 2 unspecified atom stereocenters. The molecule has 50 heavy (non-hydrogen) atoms. The second-order valence-corrected chi connectivity index (χ2v) is 19.2. The van der Waals surface area contributed by atoms with E-state index in [1.807, 2.05) is 12.1 Å². The van der Waals surface area contributed by atoms with Crippen LogP contribution in [0.4, 0.5) is 0 Å².